The maximum atomic E-state index is 14.0. The number of fused-ring (bicyclic) bond motifs is 1. The molecule has 47 heavy (non-hydrogen) atoms. The summed E-state index contributed by atoms with van der Waals surface area (Å²) < 4.78 is 7.63. The molecule has 0 bridgehead atoms. The molecule has 0 radical (unpaired) electrons. The van der Waals surface area contributed by atoms with Crippen LogP contribution in [0.2, 0.25) is 0 Å². The Hall–Kier alpha value is -4.60. The maximum Gasteiger partial charge on any atom is 0.359 e. The van der Waals surface area contributed by atoms with E-state index in [0.717, 1.165) is 41.3 Å². The third-order valence-corrected chi connectivity index (χ3v) is 8.96. The number of rotatable bonds is 12. The molecule has 1 fully saturated rings. The Labute approximate surface area is 277 Å². The molecule has 2 heterocycles. The predicted octanol–water partition coefficient (Wildman–Crippen LogP) is 6.26. The third-order valence-electron chi connectivity index (χ3n) is 8.96. The number of urea groups is 1. The zero-order valence-corrected chi connectivity index (χ0v) is 28.1. The minimum absolute atomic E-state index is 0.104. The molecule has 1 saturated carbocycles. The lowest BCUT2D eigenvalue weighted by molar-refractivity contribution is -0.124. The summed E-state index contributed by atoms with van der Waals surface area (Å²) in [4.78, 5) is 48.2. The number of imidazole rings is 1. The molecule has 3 amide bonds. The normalized spacial score (nSPS) is 17.7. The quantitative estimate of drug-likeness (QED) is 0.136. The van der Waals surface area contributed by atoms with E-state index in [4.69, 9.17) is 4.74 Å². The fraction of sp³-hybridized carbons (Fsp3) is 0.459. The summed E-state index contributed by atoms with van der Waals surface area (Å²) in [7, 11) is 1.99. The lowest BCUT2D eigenvalue weighted by Crippen LogP contribution is -2.53. The van der Waals surface area contributed by atoms with Gasteiger partial charge in [0.15, 0.2) is 5.69 Å². The molecule has 10 heteroatoms. The van der Waals surface area contributed by atoms with Gasteiger partial charge in [-0.05, 0) is 55.2 Å². The van der Waals surface area contributed by atoms with Crippen molar-refractivity contribution in [1.82, 2.24) is 30.5 Å². The molecular formula is C37H48N6O4. The summed E-state index contributed by atoms with van der Waals surface area (Å²) in [6, 6.07) is 16.0. The number of esters is 1. The van der Waals surface area contributed by atoms with Crippen molar-refractivity contribution < 1.29 is 19.1 Å². The largest absolute Gasteiger partial charge is 0.456 e. The molecule has 1 unspecified atom stereocenters. The first-order chi connectivity index (χ1) is 22.6. The Kier molecular flexibility index (Phi) is 11.0. The molecule has 1 aliphatic carbocycles. The summed E-state index contributed by atoms with van der Waals surface area (Å²) in [6.07, 6.45) is 7.08. The molecule has 0 aliphatic heterocycles. The number of aromatic nitrogens is 3. The number of hydrogen-bond acceptors (Lipinski definition) is 5. The van der Waals surface area contributed by atoms with Gasteiger partial charge in [-0.1, -0.05) is 82.1 Å². The first kappa shape index (κ1) is 33.8. The number of nitrogens with zero attached hydrogens (tertiary/aromatic N) is 2. The Morgan fingerprint density at radius 3 is 2.53 bits per heavy atom. The number of amides is 3. The van der Waals surface area contributed by atoms with Crippen LogP contribution in [-0.4, -0.2) is 44.5 Å². The number of nitrogens with one attached hydrogen (secondary N) is 4. The molecular weight excluding hydrogens is 592 g/mol. The Balaban J connectivity index is 1.38. The summed E-state index contributed by atoms with van der Waals surface area (Å²) >= 11 is 0. The summed E-state index contributed by atoms with van der Waals surface area (Å²) in [5, 5.41) is 10.3. The van der Waals surface area contributed by atoms with E-state index in [0.29, 0.717) is 30.3 Å². The van der Waals surface area contributed by atoms with Gasteiger partial charge in [0.2, 0.25) is 5.91 Å². The van der Waals surface area contributed by atoms with Crippen molar-refractivity contribution in [2.75, 3.05) is 0 Å². The second-order valence-electron chi connectivity index (χ2n) is 13.5. The summed E-state index contributed by atoms with van der Waals surface area (Å²) in [6.45, 7) is 8.16. The van der Waals surface area contributed by atoms with E-state index in [-0.39, 0.29) is 36.2 Å². The molecule has 0 saturated heterocycles. The molecule has 2 aromatic heterocycles. The molecule has 5 rings (SSSR count). The molecule has 4 aromatic rings. The van der Waals surface area contributed by atoms with Gasteiger partial charge in [0.05, 0.1) is 6.04 Å². The number of ether oxygens (including phenoxy) is 1. The lowest BCUT2D eigenvalue weighted by Gasteiger charge is -2.29. The van der Waals surface area contributed by atoms with Gasteiger partial charge in [-0.2, -0.15) is 0 Å². The van der Waals surface area contributed by atoms with Gasteiger partial charge in [-0.25, -0.2) is 14.6 Å². The van der Waals surface area contributed by atoms with Crippen molar-refractivity contribution in [3.05, 3.63) is 89.1 Å². The van der Waals surface area contributed by atoms with Crippen LogP contribution >= 0.6 is 0 Å². The highest BCUT2D eigenvalue weighted by Crippen LogP contribution is 2.27. The predicted molar refractivity (Wildman–Crippen MR) is 183 cm³/mol. The first-order valence-corrected chi connectivity index (χ1v) is 16.7. The molecule has 1 aliphatic rings. The van der Waals surface area contributed by atoms with E-state index in [1.165, 1.54) is 6.42 Å². The van der Waals surface area contributed by atoms with Gasteiger partial charge in [0, 0.05) is 42.3 Å². The van der Waals surface area contributed by atoms with Crippen molar-refractivity contribution in [3.8, 4) is 0 Å². The Morgan fingerprint density at radius 2 is 1.79 bits per heavy atom. The highest BCUT2D eigenvalue weighted by Gasteiger charge is 2.30. The third kappa shape index (κ3) is 8.81. The second-order valence-corrected chi connectivity index (χ2v) is 13.5. The van der Waals surface area contributed by atoms with Crippen molar-refractivity contribution in [2.45, 2.75) is 91.0 Å². The van der Waals surface area contributed by atoms with Crippen LogP contribution in [0.15, 0.2) is 60.8 Å². The van der Waals surface area contributed by atoms with Crippen LogP contribution in [0.3, 0.4) is 0 Å². The molecule has 4 atom stereocenters. The molecule has 0 spiro atoms. The van der Waals surface area contributed by atoms with Gasteiger partial charge in [-0.3, -0.25) is 4.79 Å². The van der Waals surface area contributed by atoms with Gasteiger partial charge in [0.1, 0.15) is 18.5 Å². The average Bonchev–Trinajstić information content (AvgIpc) is 3.58. The van der Waals surface area contributed by atoms with E-state index in [1.54, 1.807) is 6.92 Å². The standard InChI is InChI=1S/C37H48N6O4/c1-23(2)18-31(41-37(46)39-28-15-11-12-24(3)19-28)35(44)40-30(20-27-21-43(5)32-17-10-9-16-29(27)32)34-38-25(4)33(42-34)36(45)47-22-26-13-7-6-8-14-26/h6-10,13-14,16-17,21,23-24,28,30-31H,11-12,15,18-20,22H2,1-5H3,(H,38,42)(H,40,44)(H2,39,41,46)/t24?,28-,30+,31-/m0/s1. The van der Waals surface area contributed by atoms with Crippen molar-refractivity contribution in [2.24, 2.45) is 18.9 Å². The van der Waals surface area contributed by atoms with Gasteiger partial charge in [-0.15, -0.1) is 0 Å². The zero-order valence-electron chi connectivity index (χ0n) is 28.1. The maximum absolute atomic E-state index is 14.0. The smallest absolute Gasteiger partial charge is 0.359 e. The zero-order chi connectivity index (χ0) is 33.5. The van der Waals surface area contributed by atoms with E-state index >= 15 is 0 Å². The fourth-order valence-corrected chi connectivity index (χ4v) is 6.59. The SMILES string of the molecule is Cc1[nH]c([C@@H](Cc2cn(C)c3ccccc23)NC(=O)[C@H](CC(C)C)NC(=O)N[C@H]2CCCC(C)C2)nc1C(=O)OCc1ccccc1. The number of aryl methyl sites for hydroxylation is 2. The molecule has 2 aromatic carbocycles. The van der Waals surface area contributed by atoms with E-state index < -0.39 is 18.1 Å². The molecule has 250 valence electrons. The minimum Gasteiger partial charge on any atom is -0.456 e. The van der Waals surface area contributed by atoms with Crippen LogP contribution in [0.25, 0.3) is 10.9 Å². The van der Waals surface area contributed by atoms with Gasteiger partial charge in [0.25, 0.3) is 0 Å². The number of para-hydroxylation sites is 1. The topological polar surface area (TPSA) is 130 Å². The number of aromatic amines is 1. The monoisotopic (exact) mass is 640 g/mol. The second kappa shape index (κ2) is 15.3. The van der Waals surface area contributed by atoms with Crippen LogP contribution in [0, 0.1) is 18.8 Å². The molecule has 4 N–H and O–H groups in total. The number of benzene rings is 2. The minimum atomic E-state index is -0.752. The highest BCUT2D eigenvalue weighted by molar-refractivity contribution is 5.89. The van der Waals surface area contributed by atoms with Gasteiger partial charge < -0.3 is 30.2 Å². The average molecular weight is 641 g/mol. The van der Waals surface area contributed by atoms with Crippen molar-refractivity contribution >= 4 is 28.8 Å². The van der Waals surface area contributed by atoms with Crippen molar-refractivity contribution in [3.63, 3.8) is 0 Å². The van der Waals surface area contributed by atoms with E-state index in [1.807, 2.05) is 63.4 Å². The lowest BCUT2D eigenvalue weighted by atomic mass is 9.87. The van der Waals surface area contributed by atoms with Crippen LogP contribution in [-0.2, 0) is 29.6 Å². The van der Waals surface area contributed by atoms with E-state index in [2.05, 4.69) is 55.7 Å². The number of carbonyl (C=O) groups excluding carboxylic acids is 3. The highest BCUT2D eigenvalue weighted by atomic mass is 16.5. The van der Waals surface area contributed by atoms with Crippen LogP contribution in [0.1, 0.15) is 92.1 Å². The van der Waals surface area contributed by atoms with Gasteiger partial charge >= 0.3 is 12.0 Å². The molecule has 10 nitrogen and oxygen atoms in total. The van der Waals surface area contributed by atoms with Crippen molar-refractivity contribution in [1.29, 1.82) is 0 Å². The van der Waals surface area contributed by atoms with E-state index in [9.17, 15) is 14.4 Å². The van der Waals surface area contributed by atoms with Crippen LogP contribution in [0.4, 0.5) is 4.79 Å². The van der Waals surface area contributed by atoms with Crippen LogP contribution in [0.5, 0.6) is 0 Å². The van der Waals surface area contributed by atoms with Crippen LogP contribution < -0.4 is 16.0 Å². The Morgan fingerprint density at radius 1 is 1.04 bits per heavy atom. The number of hydrogen-bond donors (Lipinski definition) is 4. The fourth-order valence-electron chi connectivity index (χ4n) is 6.59. The number of carbonyl (C=O) groups is 3. The summed E-state index contributed by atoms with van der Waals surface area (Å²) in [5.41, 5.74) is 3.69. The Bertz CT molecular complexity index is 1680. The first-order valence-electron chi connectivity index (χ1n) is 16.7. The summed E-state index contributed by atoms with van der Waals surface area (Å²) in [5.74, 6) is 0.319. The number of H-pyrrole nitrogens is 1.